The normalized spacial score (nSPS) is 9.43. The van der Waals surface area contributed by atoms with Crippen LogP contribution in [0.2, 0.25) is 6.55 Å². The zero-order chi connectivity index (χ0) is 19.3. The summed E-state index contributed by atoms with van der Waals surface area (Å²) in [6.45, 7) is 10.7. The molecule has 0 amide bonds. The van der Waals surface area contributed by atoms with E-state index in [0.717, 1.165) is 0 Å². The topological polar surface area (TPSA) is 0 Å². The van der Waals surface area contributed by atoms with Gasteiger partial charge in [-0.3, -0.25) is 0 Å². The van der Waals surface area contributed by atoms with Gasteiger partial charge in [-0.05, 0) is 0 Å². The summed E-state index contributed by atoms with van der Waals surface area (Å²) >= 11 is 7.41. The molecule has 0 heterocycles. The van der Waals surface area contributed by atoms with Crippen LogP contribution in [0.4, 0.5) is 0 Å². The third-order valence-electron chi connectivity index (χ3n) is 4.70. The Kier molecular flexibility index (Phi) is 12.7. The maximum Gasteiger partial charge on any atom is -0.0630 e. The molecule has 0 aliphatic carbocycles. The Bertz CT molecular complexity index is 954. The van der Waals surface area contributed by atoms with Crippen LogP contribution in [0.15, 0.2) is 60.7 Å². The van der Waals surface area contributed by atoms with E-state index in [1.807, 2.05) is 25.7 Å². The quantitative estimate of drug-likeness (QED) is 0.201. The van der Waals surface area contributed by atoms with Crippen molar-refractivity contribution in [2.45, 2.75) is 34.2 Å². The largest absolute Gasteiger partial charge is 1.00 e. The van der Waals surface area contributed by atoms with Gasteiger partial charge in [0.05, 0.1) is 0 Å². The minimum Gasteiger partial charge on any atom is -1.00 e. The van der Waals surface area contributed by atoms with Crippen LogP contribution >= 0.6 is 11.1 Å². The summed E-state index contributed by atoms with van der Waals surface area (Å²) in [7, 11) is 0. The van der Waals surface area contributed by atoms with Crippen LogP contribution in [-0.2, 0) is 19.2 Å². The van der Waals surface area contributed by atoms with E-state index in [9.17, 15) is 0 Å². The van der Waals surface area contributed by atoms with Gasteiger partial charge in [-0.2, -0.15) is 28.3 Å². The molecule has 4 aromatic rings. The molecule has 0 saturated heterocycles. The van der Waals surface area contributed by atoms with Crippen LogP contribution in [0, 0.1) is 27.7 Å². The van der Waals surface area contributed by atoms with E-state index in [1.165, 1.54) is 43.8 Å². The first kappa shape index (κ1) is 27.5. The molecule has 0 aliphatic heterocycles. The number of hydrogen-bond donors (Lipinski definition) is 0. The Hall–Kier alpha value is -0.539. The van der Waals surface area contributed by atoms with Crippen molar-refractivity contribution in [1.82, 2.24) is 0 Å². The van der Waals surface area contributed by atoms with Crippen LogP contribution in [-0.4, -0.2) is 5.50 Å². The summed E-state index contributed by atoms with van der Waals surface area (Å²) in [6.07, 6.45) is 0. The Morgan fingerprint density at radius 1 is 0.893 bits per heavy atom. The second kappa shape index (κ2) is 12.9. The first-order chi connectivity index (χ1) is 12.3. The van der Waals surface area contributed by atoms with E-state index in [1.54, 1.807) is 0 Å². The molecule has 5 heteroatoms. The van der Waals surface area contributed by atoms with Crippen molar-refractivity contribution in [1.29, 1.82) is 0 Å². The standard InChI is InChI=1S/C13H9.C9H13.CH3ClSi.2ClH.Ti/c1-3-7-12-10(5-1)9-11-6-2-4-8-13(11)12;1-6-5-7(2)9(4)8(6)3;1-3-2;;;/h1-9H;5H,1-4H3;1H3;2*1H;/q2*-1;;;;+2/p-2. The van der Waals surface area contributed by atoms with Crippen molar-refractivity contribution < 1.29 is 44.0 Å². The van der Waals surface area contributed by atoms with Gasteiger partial charge >= 0.3 is 42.3 Å². The van der Waals surface area contributed by atoms with Crippen molar-refractivity contribution in [2.75, 3.05) is 0 Å². The molecule has 28 heavy (non-hydrogen) atoms. The predicted molar refractivity (Wildman–Crippen MR) is 116 cm³/mol. The Morgan fingerprint density at radius 2 is 1.29 bits per heavy atom. The minimum atomic E-state index is -0.407. The van der Waals surface area contributed by atoms with Gasteiger partial charge in [0.15, 0.2) is 0 Å². The molecular formula is C23H25Cl3SiTi-2. The second-order valence-electron chi connectivity index (χ2n) is 6.61. The summed E-state index contributed by atoms with van der Waals surface area (Å²) in [4.78, 5) is 0. The van der Waals surface area contributed by atoms with Crippen molar-refractivity contribution in [2.24, 2.45) is 0 Å². The van der Waals surface area contributed by atoms with Crippen molar-refractivity contribution in [3.8, 4) is 0 Å². The maximum atomic E-state index is 5.38. The van der Waals surface area contributed by atoms with E-state index < -0.39 is 5.50 Å². The average molecular weight is 484 g/mol. The Balaban J connectivity index is 0.000000432. The molecule has 4 aromatic carbocycles. The Labute approximate surface area is 198 Å². The molecule has 0 nitrogen and oxygen atoms in total. The molecule has 4 rings (SSSR count). The van der Waals surface area contributed by atoms with Crippen LogP contribution in [0.1, 0.15) is 22.3 Å². The third kappa shape index (κ3) is 7.37. The molecule has 0 aromatic heterocycles. The number of rotatable bonds is 0. The zero-order valence-electron chi connectivity index (χ0n) is 16.9. The fourth-order valence-corrected chi connectivity index (χ4v) is 3.04. The predicted octanol–water partition coefficient (Wildman–Crippen LogP) is 1.25. The molecular weight excluding hydrogens is 459 g/mol. The van der Waals surface area contributed by atoms with Crippen molar-refractivity contribution in [3.63, 3.8) is 0 Å². The van der Waals surface area contributed by atoms with Gasteiger partial charge in [-0.25, -0.2) is 0 Å². The summed E-state index contributed by atoms with van der Waals surface area (Å²) in [5.74, 6) is 0. The van der Waals surface area contributed by atoms with E-state index in [0.29, 0.717) is 0 Å². The van der Waals surface area contributed by atoms with E-state index in [4.69, 9.17) is 11.1 Å². The van der Waals surface area contributed by atoms with Crippen LogP contribution in [0.5, 0.6) is 0 Å². The van der Waals surface area contributed by atoms with Gasteiger partial charge in [0.1, 0.15) is 0 Å². The molecule has 0 saturated carbocycles. The summed E-state index contributed by atoms with van der Waals surface area (Å²) in [5, 5.41) is 5.39. The molecule has 0 radical (unpaired) electrons. The number of halogens is 3. The molecule has 0 unspecified atom stereocenters. The maximum absolute atomic E-state index is 5.38. The number of aryl methyl sites for hydroxylation is 2. The van der Waals surface area contributed by atoms with Crippen molar-refractivity contribution in [3.05, 3.63) is 82.9 Å². The van der Waals surface area contributed by atoms with Gasteiger partial charge in [0, 0.05) is 0 Å². The molecule has 0 N–H and O–H groups in total. The first-order valence-electron chi connectivity index (χ1n) is 8.75. The number of hydrogen-bond acceptors (Lipinski definition) is 0. The van der Waals surface area contributed by atoms with Gasteiger partial charge in [0.25, 0.3) is 0 Å². The number of fused-ring (bicyclic) bond motifs is 3. The number of benzene rings is 2. The van der Waals surface area contributed by atoms with Crippen LogP contribution in [0.25, 0.3) is 21.5 Å². The van der Waals surface area contributed by atoms with Gasteiger partial charge in [-0.15, -0.1) is 39.7 Å². The zero-order valence-corrected chi connectivity index (χ0v) is 21.7. The molecule has 0 spiro atoms. The minimum absolute atomic E-state index is 0. The van der Waals surface area contributed by atoms with Crippen molar-refractivity contribution >= 4 is 38.1 Å². The fraction of sp³-hybridized carbons (Fsp3) is 0.217. The summed E-state index contributed by atoms with van der Waals surface area (Å²) < 4.78 is 0. The average Bonchev–Trinajstić information content (AvgIpc) is 3.08. The van der Waals surface area contributed by atoms with E-state index >= 15 is 0 Å². The fourth-order valence-electron chi connectivity index (χ4n) is 3.04. The molecule has 0 atom stereocenters. The summed E-state index contributed by atoms with van der Waals surface area (Å²) in [5.41, 5.74) is 5.34. The summed E-state index contributed by atoms with van der Waals surface area (Å²) in [6, 6.07) is 21.5. The van der Waals surface area contributed by atoms with E-state index in [2.05, 4.69) is 88.4 Å². The molecule has 0 fully saturated rings. The first-order valence-corrected chi connectivity index (χ1v) is 14.1. The van der Waals surface area contributed by atoms with Crippen LogP contribution < -0.4 is 24.8 Å². The molecule has 0 aliphatic rings. The Morgan fingerprint density at radius 3 is 1.57 bits per heavy atom. The SMILES string of the molecule is C[Si](Cl)=[Ti+2].Cc1c[c-](C)c(C)c1C.[Cl-].[Cl-].c1ccc2c(c1)[cH-]c1ccccc12. The molecule has 0 bridgehead atoms. The molecule has 148 valence electrons. The van der Waals surface area contributed by atoms with Crippen LogP contribution in [0.3, 0.4) is 0 Å². The van der Waals surface area contributed by atoms with Gasteiger partial charge < -0.3 is 24.8 Å². The van der Waals surface area contributed by atoms with Gasteiger partial charge in [-0.1, -0.05) is 64.1 Å². The monoisotopic (exact) mass is 482 g/mol. The smallest absolute Gasteiger partial charge is 0.0630 e. The third-order valence-corrected chi connectivity index (χ3v) is 4.70. The van der Waals surface area contributed by atoms with Gasteiger partial charge in [0.2, 0.25) is 0 Å². The second-order valence-corrected chi connectivity index (χ2v) is 14.4. The van der Waals surface area contributed by atoms with E-state index in [-0.39, 0.29) is 24.8 Å².